The van der Waals surface area contributed by atoms with E-state index in [1.807, 2.05) is 22.8 Å². The van der Waals surface area contributed by atoms with Crippen LogP contribution in [0.25, 0.3) is 11.4 Å². The van der Waals surface area contributed by atoms with Crippen LogP contribution in [0.4, 0.5) is 0 Å². The zero-order chi connectivity index (χ0) is 12.7. The minimum Gasteiger partial charge on any atom is -0.491 e. The molecule has 2 aromatic rings. The molecule has 0 amide bonds. The van der Waals surface area contributed by atoms with Gasteiger partial charge in [-0.25, -0.2) is 4.98 Å². The van der Waals surface area contributed by atoms with Crippen molar-refractivity contribution in [2.75, 3.05) is 6.61 Å². The molecular formula is C13H11BrN2O2. The third-order valence-corrected chi connectivity index (χ3v) is 3.40. The molecule has 1 aromatic carbocycles. The molecule has 5 heteroatoms. The molecule has 92 valence electrons. The number of benzene rings is 1. The van der Waals surface area contributed by atoms with Crippen molar-refractivity contribution in [3.8, 4) is 17.1 Å². The Morgan fingerprint density at radius 1 is 1.50 bits per heavy atom. The molecular weight excluding hydrogens is 296 g/mol. The summed E-state index contributed by atoms with van der Waals surface area (Å²) in [5, 5.41) is 0. The Labute approximate surface area is 113 Å². The number of aromatic nitrogens is 2. The van der Waals surface area contributed by atoms with Gasteiger partial charge in [0, 0.05) is 17.6 Å². The van der Waals surface area contributed by atoms with Gasteiger partial charge in [0.25, 0.3) is 0 Å². The average Bonchev–Trinajstić information content (AvgIpc) is 2.68. The van der Waals surface area contributed by atoms with E-state index in [4.69, 9.17) is 4.74 Å². The van der Waals surface area contributed by atoms with Gasteiger partial charge in [0.05, 0.1) is 12.1 Å². The number of nitrogens with zero attached hydrogens (tertiary/aromatic N) is 2. The average molecular weight is 307 g/mol. The Bertz CT molecular complexity index is 634. The molecule has 0 saturated heterocycles. The Morgan fingerprint density at radius 3 is 3.11 bits per heavy atom. The van der Waals surface area contributed by atoms with E-state index in [0.29, 0.717) is 18.8 Å². The fourth-order valence-corrected chi connectivity index (χ4v) is 2.39. The Kier molecular flexibility index (Phi) is 2.70. The zero-order valence-electron chi connectivity index (χ0n) is 9.81. The quantitative estimate of drug-likeness (QED) is 0.761. The molecule has 0 saturated carbocycles. The monoisotopic (exact) mass is 306 g/mol. The van der Waals surface area contributed by atoms with E-state index in [0.717, 1.165) is 21.6 Å². The molecule has 18 heavy (non-hydrogen) atoms. The highest BCUT2D eigenvalue weighted by Gasteiger charge is 2.19. The van der Waals surface area contributed by atoms with Crippen LogP contribution in [-0.2, 0) is 6.54 Å². The molecule has 1 aromatic heterocycles. The standard InChI is InChI=1S/C13H11BrN2O2/c1-8(17)11-7-16-4-5-18-12-3-2-9(14)6-10(12)13(16)15-11/h2-3,6-7H,4-5H2,1H3. The molecule has 1 aliphatic rings. The first-order chi connectivity index (χ1) is 8.65. The number of hydrogen-bond donors (Lipinski definition) is 0. The Hall–Kier alpha value is -1.62. The third-order valence-electron chi connectivity index (χ3n) is 2.91. The van der Waals surface area contributed by atoms with Crippen LogP contribution in [0.1, 0.15) is 17.4 Å². The highest BCUT2D eigenvalue weighted by Crippen LogP contribution is 2.34. The second kappa shape index (κ2) is 4.24. The van der Waals surface area contributed by atoms with Crippen LogP contribution in [0, 0.1) is 0 Å². The smallest absolute Gasteiger partial charge is 0.179 e. The summed E-state index contributed by atoms with van der Waals surface area (Å²) in [5.41, 5.74) is 1.41. The van der Waals surface area contributed by atoms with Crippen molar-refractivity contribution in [3.05, 3.63) is 34.6 Å². The lowest BCUT2D eigenvalue weighted by Gasteiger charge is -2.05. The maximum atomic E-state index is 11.4. The van der Waals surface area contributed by atoms with Gasteiger partial charge in [-0.15, -0.1) is 0 Å². The van der Waals surface area contributed by atoms with Gasteiger partial charge in [0.2, 0.25) is 0 Å². The second-order valence-corrected chi connectivity index (χ2v) is 5.10. The van der Waals surface area contributed by atoms with Gasteiger partial charge in [0.1, 0.15) is 23.9 Å². The molecule has 1 aliphatic heterocycles. The maximum Gasteiger partial charge on any atom is 0.179 e. The van der Waals surface area contributed by atoms with Crippen molar-refractivity contribution in [2.45, 2.75) is 13.5 Å². The Morgan fingerprint density at radius 2 is 2.33 bits per heavy atom. The van der Waals surface area contributed by atoms with Gasteiger partial charge in [-0.1, -0.05) is 15.9 Å². The number of hydrogen-bond acceptors (Lipinski definition) is 3. The van der Waals surface area contributed by atoms with Gasteiger partial charge in [0.15, 0.2) is 5.78 Å². The summed E-state index contributed by atoms with van der Waals surface area (Å²) in [6.07, 6.45) is 1.79. The third kappa shape index (κ3) is 1.84. The van der Waals surface area contributed by atoms with Crippen LogP contribution >= 0.6 is 15.9 Å². The number of imidazole rings is 1. The largest absolute Gasteiger partial charge is 0.491 e. The molecule has 0 bridgehead atoms. The highest BCUT2D eigenvalue weighted by atomic mass is 79.9. The summed E-state index contributed by atoms with van der Waals surface area (Å²) in [5.74, 6) is 1.57. The summed E-state index contributed by atoms with van der Waals surface area (Å²) < 4.78 is 8.61. The van der Waals surface area contributed by atoms with Crippen molar-refractivity contribution in [3.63, 3.8) is 0 Å². The van der Waals surface area contributed by atoms with Crippen LogP contribution < -0.4 is 4.74 Å². The zero-order valence-corrected chi connectivity index (χ0v) is 11.4. The summed E-state index contributed by atoms with van der Waals surface area (Å²) >= 11 is 3.44. The highest BCUT2D eigenvalue weighted by molar-refractivity contribution is 9.10. The van der Waals surface area contributed by atoms with Crippen molar-refractivity contribution < 1.29 is 9.53 Å². The number of ketones is 1. The van der Waals surface area contributed by atoms with Gasteiger partial charge in [-0.05, 0) is 18.2 Å². The maximum absolute atomic E-state index is 11.4. The van der Waals surface area contributed by atoms with E-state index >= 15 is 0 Å². The normalized spacial score (nSPS) is 13.2. The minimum atomic E-state index is -0.0203. The number of ether oxygens (including phenoxy) is 1. The first-order valence-corrected chi connectivity index (χ1v) is 6.45. The molecule has 0 N–H and O–H groups in total. The van der Waals surface area contributed by atoms with E-state index < -0.39 is 0 Å². The lowest BCUT2D eigenvalue weighted by atomic mass is 10.2. The van der Waals surface area contributed by atoms with Crippen molar-refractivity contribution >= 4 is 21.7 Å². The molecule has 0 atom stereocenters. The molecule has 0 radical (unpaired) electrons. The lowest BCUT2D eigenvalue weighted by Crippen LogP contribution is -2.04. The van der Waals surface area contributed by atoms with Gasteiger partial charge in [-0.3, -0.25) is 4.79 Å². The number of rotatable bonds is 1. The van der Waals surface area contributed by atoms with E-state index in [1.165, 1.54) is 6.92 Å². The molecule has 0 fully saturated rings. The van der Waals surface area contributed by atoms with Crippen LogP contribution in [0.15, 0.2) is 28.9 Å². The van der Waals surface area contributed by atoms with Crippen LogP contribution in [0.3, 0.4) is 0 Å². The summed E-state index contributed by atoms with van der Waals surface area (Å²) in [7, 11) is 0. The molecule has 2 heterocycles. The molecule has 4 nitrogen and oxygen atoms in total. The predicted molar refractivity (Wildman–Crippen MR) is 70.9 cm³/mol. The molecule has 0 aliphatic carbocycles. The first-order valence-electron chi connectivity index (χ1n) is 5.66. The minimum absolute atomic E-state index is 0.0203. The van der Waals surface area contributed by atoms with Crippen molar-refractivity contribution in [1.82, 2.24) is 9.55 Å². The number of Topliss-reactive ketones (excluding diaryl/α,β-unsaturated/α-hetero) is 1. The fraction of sp³-hybridized carbons (Fsp3) is 0.231. The van der Waals surface area contributed by atoms with Gasteiger partial charge >= 0.3 is 0 Å². The number of carbonyl (C=O) groups is 1. The number of carbonyl (C=O) groups excluding carboxylic acids is 1. The van der Waals surface area contributed by atoms with Crippen LogP contribution in [0.5, 0.6) is 5.75 Å². The van der Waals surface area contributed by atoms with E-state index in [2.05, 4.69) is 20.9 Å². The summed E-state index contributed by atoms with van der Waals surface area (Å²) in [6.45, 7) is 2.80. The van der Waals surface area contributed by atoms with Crippen LogP contribution in [-0.4, -0.2) is 21.9 Å². The summed E-state index contributed by atoms with van der Waals surface area (Å²) in [6, 6.07) is 5.81. The number of fused-ring (bicyclic) bond motifs is 3. The number of halogens is 1. The Balaban J connectivity index is 2.22. The second-order valence-electron chi connectivity index (χ2n) is 4.19. The van der Waals surface area contributed by atoms with Crippen molar-refractivity contribution in [1.29, 1.82) is 0 Å². The SMILES string of the molecule is CC(=O)c1cn2c(n1)-c1cc(Br)ccc1OCC2. The van der Waals surface area contributed by atoms with E-state index in [-0.39, 0.29) is 5.78 Å². The van der Waals surface area contributed by atoms with E-state index in [9.17, 15) is 4.79 Å². The van der Waals surface area contributed by atoms with Gasteiger partial charge in [-0.2, -0.15) is 0 Å². The summed E-state index contributed by atoms with van der Waals surface area (Å²) in [4.78, 5) is 15.8. The van der Waals surface area contributed by atoms with Crippen LogP contribution in [0.2, 0.25) is 0 Å². The fourth-order valence-electron chi connectivity index (χ4n) is 2.03. The lowest BCUT2D eigenvalue weighted by molar-refractivity contribution is 0.101. The topological polar surface area (TPSA) is 44.1 Å². The van der Waals surface area contributed by atoms with Crippen molar-refractivity contribution in [2.24, 2.45) is 0 Å². The van der Waals surface area contributed by atoms with E-state index in [1.54, 1.807) is 6.20 Å². The first kappa shape index (κ1) is 11.5. The van der Waals surface area contributed by atoms with Gasteiger partial charge < -0.3 is 9.30 Å². The predicted octanol–water partition coefficient (Wildman–Crippen LogP) is 2.91. The molecule has 0 unspecified atom stereocenters. The molecule has 3 rings (SSSR count). The molecule has 0 spiro atoms.